The van der Waals surface area contributed by atoms with Gasteiger partial charge in [0.05, 0.1) is 4.90 Å². The summed E-state index contributed by atoms with van der Waals surface area (Å²) in [6, 6.07) is 7.20. The Labute approximate surface area is 98.2 Å². The lowest BCUT2D eigenvalue weighted by Crippen LogP contribution is -2.10. The molecular formula is C12H16FNOS. The van der Waals surface area contributed by atoms with Crippen molar-refractivity contribution in [2.75, 3.05) is 0 Å². The quantitative estimate of drug-likeness (QED) is 0.745. The number of rotatable bonds is 4. The number of alkyl halides is 1. The van der Waals surface area contributed by atoms with E-state index in [4.69, 9.17) is 0 Å². The maximum absolute atomic E-state index is 13.2. The van der Waals surface area contributed by atoms with E-state index in [1.807, 2.05) is 19.1 Å². The molecule has 1 aromatic rings. The summed E-state index contributed by atoms with van der Waals surface area (Å²) in [7, 11) is -1.50. The van der Waals surface area contributed by atoms with E-state index in [0.717, 1.165) is 11.8 Å². The van der Waals surface area contributed by atoms with E-state index in [0.29, 0.717) is 4.90 Å². The molecule has 0 bridgehead atoms. The van der Waals surface area contributed by atoms with Crippen LogP contribution in [0.5, 0.6) is 0 Å². The second-order valence-electron chi connectivity index (χ2n) is 4.01. The largest absolute Gasteiger partial charge is 0.241 e. The van der Waals surface area contributed by atoms with Crippen molar-refractivity contribution in [1.82, 2.24) is 0 Å². The molecule has 0 radical (unpaired) electrons. The summed E-state index contributed by atoms with van der Waals surface area (Å²) in [5.41, 5.74) is 1.09. The molecule has 0 N–H and O–H groups in total. The van der Waals surface area contributed by atoms with Crippen molar-refractivity contribution >= 4 is 17.2 Å². The standard InChI is InChI=1S/C12H16FNOS/c1-9(2)12(13)8-14-16(15)11-6-4-10(3)5-7-11/h4-9,12H,1-3H3/b14-8+/t12-,16?/m1/s1. The van der Waals surface area contributed by atoms with Gasteiger partial charge in [-0.2, -0.15) is 4.40 Å². The third kappa shape index (κ3) is 3.85. The van der Waals surface area contributed by atoms with E-state index in [1.165, 1.54) is 0 Å². The van der Waals surface area contributed by atoms with Crippen LogP contribution in [0.3, 0.4) is 0 Å². The first-order chi connectivity index (χ1) is 7.50. The van der Waals surface area contributed by atoms with Crippen LogP contribution in [0.2, 0.25) is 0 Å². The minimum absolute atomic E-state index is 0.140. The average molecular weight is 241 g/mol. The third-order valence-electron chi connectivity index (χ3n) is 2.16. The van der Waals surface area contributed by atoms with Crippen LogP contribution in [0.4, 0.5) is 4.39 Å². The maximum Gasteiger partial charge on any atom is 0.172 e. The molecular weight excluding hydrogens is 225 g/mol. The summed E-state index contributed by atoms with van der Waals surface area (Å²) in [4.78, 5) is 0.595. The molecule has 0 aliphatic heterocycles. The normalized spacial score (nSPS) is 15.6. The van der Waals surface area contributed by atoms with Gasteiger partial charge in [0.25, 0.3) is 0 Å². The van der Waals surface area contributed by atoms with Crippen molar-refractivity contribution in [2.45, 2.75) is 31.8 Å². The fraction of sp³-hybridized carbons (Fsp3) is 0.417. The molecule has 0 saturated heterocycles. The molecule has 4 heteroatoms. The molecule has 0 spiro atoms. The van der Waals surface area contributed by atoms with Crippen molar-refractivity contribution in [2.24, 2.45) is 10.3 Å². The first-order valence-electron chi connectivity index (χ1n) is 5.17. The molecule has 2 atom stereocenters. The molecule has 0 heterocycles. The van der Waals surface area contributed by atoms with Gasteiger partial charge in [-0.1, -0.05) is 31.5 Å². The zero-order valence-electron chi connectivity index (χ0n) is 9.68. The Morgan fingerprint density at radius 3 is 2.38 bits per heavy atom. The lowest BCUT2D eigenvalue weighted by Gasteiger charge is -2.04. The summed E-state index contributed by atoms with van der Waals surface area (Å²) >= 11 is 0. The third-order valence-corrected chi connectivity index (χ3v) is 3.15. The summed E-state index contributed by atoms with van der Waals surface area (Å²) in [6.07, 6.45) is -0.0184. The first-order valence-corrected chi connectivity index (χ1v) is 6.28. The Hall–Kier alpha value is -1.03. The molecule has 16 heavy (non-hydrogen) atoms. The molecule has 1 rings (SSSR count). The predicted molar refractivity (Wildman–Crippen MR) is 65.8 cm³/mol. The smallest absolute Gasteiger partial charge is 0.172 e. The van der Waals surface area contributed by atoms with Crippen LogP contribution in [0.15, 0.2) is 33.6 Å². The van der Waals surface area contributed by atoms with Crippen molar-refractivity contribution in [3.8, 4) is 0 Å². The Balaban J connectivity index is 2.69. The molecule has 0 fully saturated rings. The average Bonchev–Trinajstić information content (AvgIpc) is 2.26. The van der Waals surface area contributed by atoms with Crippen LogP contribution in [-0.2, 0) is 11.0 Å². The van der Waals surface area contributed by atoms with Crippen LogP contribution >= 0.6 is 0 Å². The maximum atomic E-state index is 13.2. The molecule has 1 aromatic carbocycles. The monoisotopic (exact) mass is 241 g/mol. The van der Waals surface area contributed by atoms with Crippen molar-refractivity contribution in [3.05, 3.63) is 29.8 Å². The fourth-order valence-corrected chi connectivity index (χ4v) is 1.72. The Kier molecular flexibility index (Phi) is 4.80. The molecule has 0 saturated carbocycles. The molecule has 0 aliphatic carbocycles. The van der Waals surface area contributed by atoms with Crippen molar-refractivity contribution < 1.29 is 8.60 Å². The number of benzene rings is 1. The second-order valence-corrected chi connectivity index (χ2v) is 5.19. The topological polar surface area (TPSA) is 29.4 Å². The fourth-order valence-electron chi connectivity index (χ4n) is 1.00. The van der Waals surface area contributed by atoms with Crippen LogP contribution in [-0.4, -0.2) is 16.6 Å². The molecule has 88 valence electrons. The molecule has 0 aromatic heterocycles. The number of nitrogens with zero attached hydrogens (tertiary/aromatic N) is 1. The van der Waals surface area contributed by atoms with Gasteiger partial charge >= 0.3 is 0 Å². The van der Waals surface area contributed by atoms with Crippen LogP contribution in [0.25, 0.3) is 0 Å². The Bertz CT molecular complexity index is 387. The van der Waals surface area contributed by atoms with E-state index >= 15 is 0 Å². The SMILES string of the molecule is Cc1ccc(S(=O)/N=C/[C@@H](F)C(C)C)cc1. The van der Waals surface area contributed by atoms with Gasteiger partial charge in [-0.25, -0.2) is 8.60 Å². The van der Waals surface area contributed by atoms with Crippen LogP contribution in [0.1, 0.15) is 19.4 Å². The van der Waals surface area contributed by atoms with Gasteiger partial charge in [-0.05, 0) is 25.0 Å². The highest BCUT2D eigenvalue weighted by molar-refractivity contribution is 7.83. The Morgan fingerprint density at radius 1 is 1.31 bits per heavy atom. The summed E-state index contributed by atoms with van der Waals surface area (Å²) in [5.74, 6) is -0.140. The zero-order valence-corrected chi connectivity index (χ0v) is 10.5. The zero-order chi connectivity index (χ0) is 12.1. The number of hydrogen-bond acceptors (Lipinski definition) is 1. The van der Waals surface area contributed by atoms with Gasteiger partial charge in [0.1, 0.15) is 6.17 Å². The number of hydrogen-bond donors (Lipinski definition) is 0. The minimum atomic E-state index is -1.50. The molecule has 0 amide bonds. The highest BCUT2D eigenvalue weighted by atomic mass is 32.2. The van der Waals surface area contributed by atoms with E-state index in [1.54, 1.807) is 26.0 Å². The first kappa shape index (κ1) is 13.0. The van der Waals surface area contributed by atoms with E-state index in [-0.39, 0.29) is 5.92 Å². The Morgan fingerprint density at radius 2 is 1.88 bits per heavy atom. The van der Waals surface area contributed by atoms with Gasteiger partial charge in [-0.3, -0.25) is 0 Å². The summed E-state index contributed by atoms with van der Waals surface area (Å²) in [6.45, 7) is 5.46. The second kappa shape index (κ2) is 5.89. The lowest BCUT2D eigenvalue weighted by atomic mass is 10.1. The van der Waals surface area contributed by atoms with Gasteiger partial charge in [0, 0.05) is 6.21 Å². The number of halogens is 1. The van der Waals surface area contributed by atoms with Crippen molar-refractivity contribution in [3.63, 3.8) is 0 Å². The lowest BCUT2D eigenvalue weighted by molar-refractivity contribution is 0.342. The highest BCUT2D eigenvalue weighted by Crippen LogP contribution is 2.10. The van der Waals surface area contributed by atoms with Crippen LogP contribution < -0.4 is 0 Å². The molecule has 2 nitrogen and oxygen atoms in total. The predicted octanol–water partition coefficient (Wildman–Crippen LogP) is 3.08. The van der Waals surface area contributed by atoms with Crippen molar-refractivity contribution in [1.29, 1.82) is 0 Å². The molecule has 0 aliphatic rings. The summed E-state index contributed by atoms with van der Waals surface area (Å²) < 4.78 is 28.5. The van der Waals surface area contributed by atoms with Gasteiger partial charge in [-0.15, -0.1) is 0 Å². The summed E-state index contributed by atoms with van der Waals surface area (Å²) in [5, 5.41) is 0. The van der Waals surface area contributed by atoms with Gasteiger partial charge in [0.2, 0.25) is 0 Å². The van der Waals surface area contributed by atoms with E-state index in [9.17, 15) is 8.60 Å². The van der Waals surface area contributed by atoms with Crippen LogP contribution in [0, 0.1) is 12.8 Å². The number of aryl methyl sites for hydroxylation is 1. The van der Waals surface area contributed by atoms with E-state index in [2.05, 4.69) is 4.40 Å². The van der Waals surface area contributed by atoms with Gasteiger partial charge < -0.3 is 0 Å². The highest BCUT2D eigenvalue weighted by Gasteiger charge is 2.08. The molecule has 1 unspecified atom stereocenters. The van der Waals surface area contributed by atoms with E-state index < -0.39 is 17.2 Å². The van der Waals surface area contributed by atoms with Gasteiger partial charge in [0.15, 0.2) is 11.0 Å². The minimum Gasteiger partial charge on any atom is -0.241 e.